The zero-order valence-corrected chi connectivity index (χ0v) is 7.71. The predicted molar refractivity (Wildman–Crippen MR) is 51.3 cm³/mol. The van der Waals surface area contributed by atoms with Crippen LogP contribution in [0.1, 0.15) is 26.7 Å². The largest absolute Gasteiger partial charge is 0.134 e. The van der Waals surface area contributed by atoms with Gasteiger partial charge in [-0.2, -0.15) is 0 Å². The number of thioether (sulfide) groups is 1. The van der Waals surface area contributed by atoms with Gasteiger partial charge >= 0.3 is 0 Å². The normalized spacial score (nSPS) is 10.6. The van der Waals surface area contributed by atoms with E-state index in [1.165, 1.54) is 18.6 Å². The zero-order chi connectivity index (χ0) is 7.82. The van der Waals surface area contributed by atoms with Gasteiger partial charge in [0.25, 0.3) is 0 Å². The van der Waals surface area contributed by atoms with E-state index in [4.69, 9.17) is 0 Å². The monoisotopic (exact) mass is 156 g/mol. The molecule has 0 aromatic rings. The van der Waals surface area contributed by atoms with Gasteiger partial charge in [0.15, 0.2) is 0 Å². The highest BCUT2D eigenvalue weighted by atomic mass is 32.2. The van der Waals surface area contributed by atoms with Gasteiger partial charge in [-0.15, -0.1) is 11.8 Å². The van der Waals surface area contributed by atoms with Crippen LogP contribution in [0.15, 0.2) is 23.6 Å². The van der Waals surface area contributed by atoms with Crippen molar-refractivity contribution < 1.29 is 0 Å². The van der Waals surface area contributed by atoms with Crippen LogP contribution >= 0.6 is 11.8 Å². The first-order valence-corrected chi connectivity index (χ1v) is 4.76. The highest BCUT2D eigenvalue weighted by molar-refractivity contribution is 8.02. The van der Waals surface area contributed by atoms with E-state index >= 15 is 0 Å². The summed E-state index contributed by atoms with van der Waals surface area (Å²) < 4.78 is 0. The van der Waals surface area contributed by atoms with Crippen LogP contribution in [0, 0.1) is 0 Å². The van der Waals surface area contributed by atoms with E-state index in [1.807, 2.05) is 18.7 Å². The molecule has 0 unspecified atom stereocenters. The van der Waals surface area contributed by atoms with Gasteiger partial charge < -0.3 is 0 Å². The number of allylic oxidation sites excluding steroid dienone is 2. The molecule has 0 spiro atoms. The van der Waals surface area contributed by atoms with Gasteiger partial charge in [0.05, 0.1) is 0 Å². The Hall–Kier alpha value is -0.170. The second kappa shape index (κ2) is 6.94. The molecule has 0 rings (SSSR count). The smallest absolute Gasteiger partial charge is 0.00261 e. The fourth-order valence-electron chi connectivity index (χ4n) is 0.460. The molecule has 0 N–H and O–H groups in total. The highest BCUT2D eigenvalue weighted by Gasteiger charge is 1.80. The lowest BCUT2D eigenvalue weighted by atomic mass is 10.4. The van der Waals surface area contributed by atoms with Gasteiger partial charge in [-0.1, -0.05) is 31.6 Å². The molecule has 0 saturated carbocycles. The maximum atomic E-state index is 3.77. The molecular formula is C9H16S. The average Bonchev–Trinajstić information content (AvgIpc) is 1.87. The molecule has 0 aliphatic heterocycles. The Bertz CT molecular complexity index is 114. The minimum Gasteiger partial charge on any atom is -0.134 e. The van der Waals surface area contributed by atoms with E-state index in [0.29, 0.717) is 0 Å². The molecule has 0 atom stereocenters. The van der Waals surface area contributed by atoms with Gasteiger partial charge in [0, 0.05) is 0 Å². The third kappa shape index (κ3) is 7.83. The summed E-state index contributed by atoms with van der Waals surface area (Å²) in [4.78, 5) is 0. The number of rotatable bonds is 5. The zero-order valence-electron chi connectivity index (χ0n) is 6.89. The van der Waals surface area contributed by atoms with E-state index in [9.17, 15) is 0 Å². The van der Waals surface area contributed by atoms with Crippen molar-refractivity contribution in [3.8, 4) is 0 Å². The van der Waals surface area contributed by atoms with E-state index in [1.54, 1.807) is 0 Å². The second-order valence-electron chi connectivity index (χ2n) is 2.37. The van der Waals surface area contributed by atoms with Crippen molar-refractivity contribution in [1.82, 2.24) is 0 Å². The molecule has 10 heavy (non-hydrogen) atoms. The molecule has 1 heteroatoms. The minimum absolute atomic E-state index is 1.13. The molecule has 0 heterocycles. The summed E-state index contributed by atoms with van der Waals surface area (Å²) in [6.07, 6.45) is 4.65. The van der Waals surface area contributed by atoms with Crippen molar-refractivity contribution in [2.24, 2.45) is 0 Å². The Morgan fingerprint density at radius 3 is 2.80 bits per heavy atom. The SMILES string of the molecule is C=C(C)/C=C/SCCCC. The van der Waals surface area contributed by atoms with Crippen LogP contribution in [-0.2, 0) is 0 Å². The first-order chi connectivity index (χ1) is 4.77. The van der Waals surface area contributed by atoms with Crippen LogP contribution in [0.4, 0.5) is 0 Å². The molecule has 0 saturated heterocycles. The van der Waals surface area contributed by atoms with Gasteiger partial charge in [-0.3, -0.25) is 0 Å². The Morgan fingerprint density at radius 1 is 1.60 bits per heavy atom. The van der Waals surface area contributed by atoms with Gasteiger partial charge in [-0.25, -0.2) is 0 Å². The molecule has 0 aliphatic rings. The second-order valence-corrected chi connectivity index (χ2v) is 3.39. The van der Waals surface area contributed by atoms with E-state index < -0.39 is 0 Å². The van der Waals surface area contributed by atoms with Crippen molar-refractivity contribution in [3.05, 3.63) is 23.6 Å². The number of unbranched alkanes of at least 4 members (excludes halogenated alkanes) is 1. The minimum atomic E-state index is 1.13. The Balaban J connectivity index is 3.10. The van der Waals surface area contributed by atoms with Crippen molar-refractivity contribution in [2.45, 2.75) is 26.7 Å². The van der Waals surface area contributed by atoms with Crippen LogP contribution in [0.5, 0.6) is 0 Å². The molecule has 0 aliphatic carbocycles. The van der Waals surface area contributed by atoms with Crippen molar-refractivity contribution in [2.75, 3.05) is 5.75 Å². The van der Waals surface area contributed by atoms with Crippen LogP contribution in [0.25, 0.3) is 0 Å². The Morgan fingerprint density at radius 2 is 2.30 bits per heavy atom. The summed E-state index contributed by atoms with van der Waals surface area (Å²) in [5.74, 6) is 1.24. The maximum absolute atomic E-state index is 3.77. The highest BCUT2D eigenvalue weighted by Crippen LogP contribution is 2.06. The van der Waals surface area contributed by atoms with Gasteiger partial charge in [0.1, 0.15) is 0 Å². The standard InChI is InChI=1S/C9H16S/c1-4-5-7-10-8-6-9(2)3/h6,8H,2,4-5,7H2,1,3H3/b8-6+. The van der Waals surface area contributed by atoms with Crippen LogP contribution in [-0.4, -0.2) is 5.75 Å². The maximum Gasteiger partial charge on any atom is -0.00261 e. The fraction of sp³-hybridized carbons (Fsp3) is 0.556. The molecule has 0 nitrogen and oxygen atoms in total. The first kappa shape index (κ1) is 9.83. The van der Waals surface area contributed by atoms with Gasteiger partial charge in [0.2, 0.25) is 0 Å². The summed E-state index contributed by atoms with van der Waals surface area (Å²) >= 11 is 1.86. The van der Waals surface area contributed by atoms with Crippen molar-refractivity contribution >= 4 is 11.8 Å². The lowest BCUT2D eigenvalue weighted by Crippen LogP contribution is -1.72. The quantitative estimate of drug-likeness (QED) is 0.433. The van der Waals surface area contributed by atoms with E-state index in [0.717, 1.165) is 5.57 Å². The topological polar surface area (TPSA) is 0 Å². The summed E-state index contributed by atoms with van der Waals surface area (Å²) in [7, 11) is 0. The molecule has 0 bridgehead atoms. The third-order valence-electron chi connectivity index (χ3n) is 1.06. The van der Waals surface area contributed by atoms with Crippen LogP contribution < -0.4 is 0 Å². The van der Waals surface area contributed by atoms with E-state index in [2.05, 4.69) is 25.0 Å². The molecule has 0 aromatic carbocycles. The van der Waals surface area contributed by atoms with Crippen LogP contribution in [0.3, 0.4) is 0 Å². The van der Waals surface area contributed by atoms with E-state index in [-0.39, 0.29) is 0 Å². The molecule has 58 valence electrons. The average molecular weight is 156 g/mol. The fourth-order valence-corrected chi connectivity index (χ4v) is 1.38. The molecule has 0 aromatic heterocycles. The third-order valence-corrected chi connectivity index (χ3v) is 1.92. The lowest BCUT2D eigenvalue weighted by Gasteiger charge is -1.90. The lowest BCUT2D eigenvalue weighted by molar-refractivity contribution is 0.898. The summed E-state index contributed by atoms with van der Waals surface area (Å²) in [6.45, 7) is 7.99. The molecular weight excluding hydrogens is 140 g/mol. The Labute approximate surface area is 68.4 Å². The van der Waals surface area contributed by atoms with Crippen LogP contribution in [0.2, 0.25) is 0 Å². The molecule has 0 amide bonds. The van der Waals surface area contributed by atoms with Crippen molar-refractivity contribution in [3.63, 3.8) is 0 Å². The number of hydrogen-bond donors (Lipinski definition) is 0. The van der Waals surface area contributed by atoms with Gasteiger partial charge in [-0.05, 0) is 24.5 Å². The number of hydrogen-bond acceptors (Lipinski definition) is 1. The summed E-state index contributed by atoms with van der Waals surface area (Å²) in [5.41, 5.74) is 1.13. The Kier molecular flexibility index (Phi) is 6.83. The first-order valence-electron chi connectivity index (χ1n) is 3.71. The predicted octanol–water partition coefficient (Wildman–Crippen LogP) is 3.61. The summed E-state index contributed by atoms with van der Waals surface area (Å²) in [5, 5.41) is 2.12. The molecule has 0 fully saturated rings. The summed E-state index contributed by atoms with van der Waals surface area (Å²) in [6, 6.07) is 0. The van der Waals surface area contributed by atoms with Crippen molar-refractivity contribution in [1.29, 1.82) is 0 Å². The molecule has 0 radical (unpaired) electrons.